The molecule has 0 heterocycles. The number of methoxy groups -OCH3 is 3. The molecule has 3 nitrogen and oxygen atoms in total. The van der Waals surface area contributed by atoms with Crippen molar-refractivity contribution in [3.63, 3.8) is 0 Å². The fraction of sp³-hybridized carbons (Fsp3) is 0.652. The Kier molecular flexibility index (Phi) is 12.3. The summed E-state index contributed by atoms with van der Waals surface area (Å²) in [5.74, 6) is -0.724. The van der Waals surface area contributed by atoms with Crippen LogP contribution >= 0.6 is 0 Å². The lowest BCUT2D eigenvalue weighted by atomic mass is 9.92. The van der Waals surface area contributed by atoms with Crippen LogP contribution in [0.25, 0.3) is 6.08 Å². The molecule has 148 valence electrons. The van der Waals surface area contributed by atoms with Gasteiger partial charge in [-0.3, -0.25) is 0 Å². The van der Waals surface area contributed by atoms with E-state index < -0.39 is 5.97 Å². The average molecular weight is 363 g/mol. The second kappa shape index (κ2) is 14.0. The van der Waals surface area contributed by atoms with E-state index in [2.05, 4.69) is 43.3 Å². The van der Waals surface area contributed by atoms with Crippen LogP contribution in [0.5, 0.6) is 0 Å². The van der Waals surface area contributed by atoms with Crippen LogP contribution in [0.1, 0.15) is 70.3 Å². The Morgan fingerprint density at radius 1 is 0.846 bits per heavy atom. The molecule has 0 saturated heterocycles. The van der Waals surface area contributed by atoms with Gasteiger partial charge in [-0.05, 0) is 24.8 Å². The minimum absolute atomic E-state index is 0.217. The van der Waals surface area contributed by atoms with Gasteiger partial charge < -0.3 is 14.2 Å². The first-order valence-electron chi connectivity index (χ1n) is 10.1. The van der Waals surface area contributed by atoms with Gasteiger partial charge in [0.2, 0.25) is 0 Å². The summed E-state index contributed by atoms with van der Waals surface area (Å²) in [5.41, 5.74) is 1.23. The van der Waals surface area contributed by atoms with Gasteiger partial charge in [-0.2, -0.15) is 0 Å². The normalized spacial score (nSPS) is 13.4. The maximum atomic E-state index is 5.64. The first kappa shape index (κ1) is 22.9. The van der Waals surface area contributed by atoms with Crippen molar-refractivity contribution >= 4 is 6.08 Å². The number of rotatable bonds is 15. The lowest BCUT2D eigenvalue weighted by Crippen LogP contribution is -2.44. The van der Waals surface area contributed by atoms with Gasteiger partial charge in [0.1, 0.15) is 0 Å². The van der Waals surface area contributed by atoms with E-state index in [1.54, 1.807) is 21.3 Å². The molecule has 1 rings (SSSR count). The Hall–Kier alpha value is -1.16. The fourth-order valence-electron chi connectivity index (χ4n) is 3.50. The molecule has 1 unspecified atom stereocenters. The Bertz CT molecular complexity index is 457. The Labute approximate surface area is 160 Å². The zero-order chi connectivity index (χ0) is 19.1. The van der Waals surface area contributed by atoms with E-state index in [9.17, 15) is 0 Å². The number of unbranched alkanes of at least 4 members (excludes halogenated alkanes) is 5. The third-order valence-corrected chi connectivity index (χ3v) is 5.05. The van der Waals surface area contributed by atoms with E-state index in [4.69, 9.17) is 14.2 Å². The van der Waals surface area contributed by atoms with Gasteiger partial charge in [0, 0.05) is 27.2 Å². The lowest BCUT2D eigenvalue weighted by Gasteiger charge is -2.36. The Balaban J connectivity index is 2.55. The summed E-state index contributed by atoms with van der Waals surface area (Å²) < 4.78 is 16.9. The molecule has 3 heteroatoms. The van der Waals surface area contributed by atoms with Crippen molar-refractivity contribution in [3.8, 4) is 0 Å². The number of benzene rings is 1. The highest BCUT2D eigenvalue weighted by molar-refractivity contribution is 5.48. The minimum Gasteiger partial charge on any atom is -0.331 e. The highest BCUT2D eigenvalue weighted by Crippen LogP contribution is 2.32. The smallest absolute Gasteiger partial charge is 0.285 e. The van der Waals surface area contributed by atoms with Crippen molar-refractivity contribution in [2.24, 2.45) is 5.92 Å². The summed E-state index contributed by atoms with van der Waals surface area (Å²) in [6.07, 6.45) is 15.2. The standard InChI is InChI=1S/C23H38O3/c1-5-6-7-8-9-13-19-22(23(24-2,25-3)26-4)20-15-14-18-21-16-11-10-12-17-21/h10-12,14,16-18,22H,5-9,13,15,19-20H2,1-4H3. The van der Waals surface area contributed by atoms with Crippen LogP contribution in [0.3, 0.4) is 0 Å². The van der Waals surface area contributed by atoms with Crippen LogP contribution in [-0.4, -0.2) is 27.3 Å². The molecule has 0 aliphatic rings. The van der Waals surface area contributed by atoms with Crippen LogP contribution in [0.15, 0.2) is 36.4 Å². The molecule has 1 aromatic carbocycles. The largest absolute Gasteiger partial charge is 0.331 e. The van der Waals surface area contributed by atoms with Gasteiger partial charge in [-0.1, -0.05) is 87.9 Å². The maximum absolute atomic E-state index is 5.64. The minimum atomic E-state index is -0.940. The second-order valence-corrected chi connectivity index (χ2v) is 6.86. The van der Waals surface area contributed by atoms with Crippen LogP contribution < -0.4 is 0 Å². The molecule has 1 atom stereocenters. The number of hydrogen-bond donors (Lipinski definition) is 0. The van der Waals surface area contributed by atoms with Gasteiger partial charge in [0.05, 0.1) is 0 Å². The topological polar surface area (TPSA) is 27.7 Å². The molecule has 0 spiro atoms. The SMILES string of the molecule is CCCCCCCCC(CCC=Cc1ccccc1)C(OC)(OC)OC. The first-order chi connectivity index (χ1) is 12.7. The number of ether oxygens (including phenoxy) is 3. The predicted octanol–water partition coefficient (Wildman–Crippen LogP) is 6.44. The maximum Gasteiger partial charge on any atom is 0.285 e. The van der Waals surface area contributed by atoms with Crippen LogP contribution in [0, 0.1) is 5.92 Å². The third kappa shape index (κ3) is 8.03. The van der Waals surface area contributed by atoms with Crippen LogP contribution in [0.2, 0.25) is 0 Å². The van der Waals surface area contributed by atoms with Gasteiger partial charge >= 0.3 is 0 Å². The zero-order valence-electron chi connectivity index (χ0n) is 17.2. The van der Waals surface area contributed by atoms with Crippen LogP contribution in [-0.2, 0) is 14.2 Å². The summed E-state index contributed by atoms with van der Waals surface area (Å²) in [7, 11) is 5.00. The Morgan fingerprint density at radius 3 is 2.08 bits per heavy atom. The van der Waals surface area contributed by atoms with E-state index in [1.807, 2.05) is 6.07 Å². The third-order valence-electron chi connectivity index (χ3n) is 5.05. The fourth-order valence-corrected chi connectivity index (χ4v) is 3.50. The first-order valence-corrected chi connectivity index (χ1v) is 10.1. The second-order valence-electron chi connectivity index (χ2n) is 6.86. The average Bonchev–Trinajstić information content (AvgIpc) is 2.69. The van der Waals surface area contributed by atoms with Gasteiger partial charge in [-0.25, -0.2) is 0 Å². The molecule has 0 bridgehead atoms. The highest BCUT2D eigenvalue weighted by atomic mass is 16.9. The highest BCUT2D eigenvalue weighted by Gasteiger charge is 2.39. The molecular weight excluding hydrogens is 324 g/mol. The van der Waals surface area contributed by atoms with Crippen LogP contribution in [0.4, 0.5) is 0 Å². The summed E-state index contributed by atoms with van der Waals surface area (Å²) in [6, 6.07) is 10.4. The van der Waals surface area contributed by atoms with Crippen molar-refractivity contribution in [1.82, 2.24) is 0 Å². The molecule has 26 heavy (non-hydrogen) atoms. The lowest BCUT2D eigenvalue weighted by molar-refractivity contribution is -0.380. The summed E-state index contributed by atoms with van der Waals surface area (Å²) in [5, 5.41) is 0. The van der Waals surface area contributed by atoms with Crippen molar-refractivity contribution < 1.29 is 14.2 Å². The molecule has 0 saturated carbocycles. The molecule has 0 radical (unpaired) electrons. The Morgan fingerprint density at radius 2 is 1.46 bits per heavy atom. The van der Waals surface area contributed by atoms with E-state index in [1.165, 1.54) is 44.1 Å². The van der Waals surface area contributed by atoms with E-state index in [0.717, 1.165) is 19.3 Å². The predicted molar refractivity (Wildman–Crippen MR) is 110 cm³/mol. The van der Waals surface area contributed by atoms with Gasteiger partial charge in [0.15, 0.2) is 0 Å². The number of hydrogen-bond acceptors (Lipinski definition) is 3. The van der Waals surface area contributed by atoms with Crippen molar-refractivity contribution in [2.75, 3.05) is 21.3 Å². The summed E-state index contributed by atoms with van der Waals surface area (Å²) in [4.78, 5) is 0. The molecule has 0 amide bonds. The van der Waals surface area contributed by atoms with Gasteiger partial charge in [-0.15, -0.1) is 0 Å². The monoisotopic (exact) mass is 362 g/mol. The molecule has 0 fully saturated rings. The molecule has 0 aromatic heterocycles. The van der Waals surface area contributed by atoms with Crippen molar-refractivity contribution in [1.29, 1.82) is 0 Å². The van der Waals surface area contributed by atoms with Crippen molar-refractivity contribution in [3.05, 3.63) is 42.0 Å². The van der Waals surface area contributed by atoms with E-state index in [0.29, 0.717) is 0 Å². The molecule has 1 aromatic rings. The summed E-state index contributed by atoms with van der Waals surface area (Å²) >= 11 is 0. The molecule has 0 aliphatic carbocycles. The molecule has 0 aliphatic heterocycles. The van der Waals surface area contributed by atoms with Gasteiger partial charge in [0.25, 0.3) is 5.97 Å². The quantitative estimate of drug-likeness (QED) is 0.265. The molecule has 0 N–H and O–H groups in total. The summed E-state index contributed by atoms with van der Waals surface area (Å²) in [6.45, 7) is 2.25. The molecular formula is C23H38O3. The van der Waals surface area contributed by atoms with Crippen molar-refractivity contribution in [2.45, 2.75) is 70.7 Å². The van der Waals surface area contributed by atoms with E-state index >= 15 is 0 Å². The zero-order valence-corrected chi connectivity index (χ0v) is 17.2. The van der Waals surface area contributed by atoms with E-state index in [-0.39, 0.29) is 5.92 Å². The number of allylic oxidation sites excluding steroid dienone is 1.